The third-order valence-corrected chi connectivity index (χ3v) is 4.33. The van der Waals surface area contributed by atoms with Crippen LogP contribution in [0.5, 0.6) is 0 Å². The van der Waals surface area contributed by atoms with Gasteiger partial charge in [-0.15, -0.1) is 10.2 Å². The van der Waals surface area contributed by atoms with E-state index in [1.807, 2.05) is 0 Å². The first-order valence-corrected chi connectivity index (χ1v) is 8.18. The van der Waals surface area contributed by atoms with Gasteiger partial charge in [-0.05, 0) is 25.0 Å². The van der Waals surface area contributed by atoms with E-state index in [0.29, 0.717) is 13.0 Å². The number of nitrogens with one attached hydrogen (secondary N) is 1. The molecule has 1 amide bonds. The van der Waals surface area contributed by atoms with E-state index < -0.39 is 11.7 Å². The number of carbonyl (C=O) groups is 1. The molecule has 0 fully saturated rings. The largest absolute Gasteiger partial charge is 0.351 e. The van der Waals surface area contributed by atoms with E-state index in [4.69, 9.17) is 11.6 Å². The van der Waals surface area contributed by atoms with Crippen LogP contribution in [0, 0.1) is 5.82 Å². The van der Waals surface area contributed by atoms with E-state index in [9.17, 15) is 9.18 Å². The van der Waals surface area contributed by atoms with Gasteiger partial charge in [0.1, 0.15) is 17.5 Å². The molecule has 1 aliphatic heterocycles. The van der Waals surface area contributed by atoms with Crippen LogP contribution in [0.1, 0.15) is 41.3 Å². The van der Waals surface area contributed by atoms with Gasteiger partial charge >= 0.3 is 0 Å². The van der Waals surface area contributed by atoms with Crippen LogP contribution in [-0.2, 0) is 19.4 Å². The summed E-state index contributed by atoms with van der Waals surface area (Å²) in [6.45, 7) is 1.28. The third kappa shape index (κ3) is 3.52. The Morgan fingerprint density at radius 1 is 1.30 bits per heavy atom. The predicted octanol–water partition coefficient (Wildman–Crippen LogP) is 2.77. The van der Waals surface area contributed by atoms with Crippen molar-refractivity contribution in [2.75, 3.05) is 6.54 Å². The normalized spacial score (nSPS) is 14.2. The third-order valence-electron chi connectivity index (χ3n) is 4.01. The van der Waals surface area contributed by atoms with E-state index in [1.54, 1.807) is 0 Å². The Balaban J connectivity index is 1.62. The highest BCUT2D eigenvalue weighted by Gasteiger charge is 2.17. The molecule has 3 rings (SSSR count). The fraction of sp³-hybridized carbons (Fsp3) is 0.438. The zero-order chi connectivity index (χ0) is 16.2. The number of hydrogen-bond acceptors (Lipinski definition) is 3. The summed E-state index contributed by atoms with van der Waals surface area (Å²) in [7, 11) is 0. The van der Waals surface area contributed by atoms with Crippen molar-refractivity contribution in [1.29, 1.82) is 0 Å². The van der Waals surface area contributed by atoms with Crippen LogP contribution >= 0.6 is 11.6 Å². The Morgan fingerprint density at radius 2 is 2.17 bits per heavy atom. The first kappa shape index (κ1) is 15.9. The molecule has 23 heavy (non-hydrogen) atoms. The number of fused-ring (bicyclic) bond motifs is 1. The summed E-state index contributed by atoms with van der Waals surface area (Å²) in [6.07, 6.45) is 4.97. The molecule has 1 aromatic carbocycles. The van der Waals surface area contributed by atoms with E-state index in [-0.39, 0.29) is 10.6 Å². The maximum atomic E-state index is 13.7. The van der Waals surface area contributed by atoms with Crippen LogP contribution < -0.4 is 5.32 Å². The van der Waals surface area contributed by atoms with Crippen LogP contribution in [-0.4, -0.2) is 27.2 Å². The molecule has 0 atom stereocenters. The lowest BCUT2D eigenvalue weighted by Gasteiger charge is -2.09. The molecule has 0 saturated carbocycles. The first-order valence-electron chi connectivity index (χ1n) is 7.80. The summed E-state index contributed by atoms with van der Waals surface area (Å²) in [5.74, 6) is 0.748. The van der Waals surface area contributed by atoms with Crippen molar-refractivity contribution < 1.29 is 9.18 Å². The Bertz CT molecular complexity index is 696. The number of halogens is 2. The number of aryl methyl sites for hydroxylation is 1. The quantitative estimate of drug-likeness (QED) is 0.934. The lowest BCUT2D eigenvalue weighted by atomic mass is 10.2. The molecule has 1 N–H and O–H groups in total. The van der Waals surface area contributed by atoms with Crippen LogP contribution in [0.4, 0.5) is 4.39 Å². The molecule has 1 aliphatic rings. The molecule has 2 aromatic rings. The highest BCUT2D eigenvalue weighted by Crippen LogP contribution is 2.19. The highest BCUT2D eigenvalue weighted by molar-refractivity contribution is 6.33. The van der Waals surface area contributed by atoms with E-state index in [1.165, 1.54) is 24.6 Å². The van der Waals surface area contributed by atoms with Crippen molar-refractivity contribution in [3.05, 3.63) is 46.3 Å². The molecule has 0 unspecified atom stereocenters. The summed E-state index contributed by atoms with van der Waals surface area (Å²) in [4.78, 5) is 12.1. The minimum atomic E-state index is -0.619. The Labute approximate surface area is 138 Å². The maximum Gasteiger partial charge on any atom is 0.255 e. The second-order valence-electron chi connectivity index (χ2n) is 5.60. The number of hydrogen-bond donors (Lipinski definition) is 1. The van der Waals surface area contributed by atoms with E-state index in [2.05, 4.69) is 20.1 Å². The van der Waals surface area contributed by atoms with Crippen molar-refractivity contribution >= 4 is 17.5 Å². The van der Waals surface area contributed by atoms with E-state index >= 15 is 0 Å². The molecule has 2 heterocycles. The zero-order valence-corrected chi connectivity index (χ0v) is 13.4. The van der Waals surface area contributed by atoms with Gasteiger partial charge in [-0.3, -0.25) is 4.79 Å². The van der Waals surface area contributed by atoms with Gasteiger partial charge in [0.05, 0.1) is 10.6 Å². The maximum absolute atomic E-state index is 13.7. The molecule has 5 nitrogen and oxygen atoms in total. The Morgan fingerprint density at radius 3 is 3.00 bits per heavy atom. The molecule has 0 bridgehead atoms. The highest BCUT2D eigenvalue weighted by atomic mass is 35.5. The fourth-order valence-electron chi connectivity index (χ4n) is 2.82. The Hall–Kier alpha value is -1.95. The molecule has 122 valence electrons. The fourth-order valence-corrected chi connectivity index (χ4v) is 3.07. The molecule has 0 spiro atoms. The van der Waals surface area contributed by atoms with Gasteiger partial charge in [-0.25, -0.2) is 4.39 Å². The van der Waals surface area contributed by atoms with Crippen molar-refractivity contribution in [3.63, 3.8) is 0 Å². The van der Waals surface area contributed by atoms with Gasteiger partial charge in [0.25, 0.3) is 5.91 Å². The predicted molar refractivity (Wildman–Crippen MR) is 85.0 cm³/mol. The summed E-state index contributed by atoms with van der Waals surface area (Å²) in [5, 5.41) is 11.2. The minimum absolute atomic E-state index is 0.110. The molecule has 0 saturated heterocycles. The van der Waals surface area contributed by atoms with Gasteiger partial charge in [0.15, 0.2) is 0 Å². The standard InChI is InChI=1S/C16H18ClFN4O/c17-11-5-4-6-12(18)15(11)16(23)19-9-8-14-21-20-13-7-2-1-3-10-22(13)14/h4-6H,1-3,7-10H2,(H,19,23). The van der Waals surface area contributed by atoms with Gasteiger partial charge < -0.3 is 9.88 Å². The first-order chi connectivity index (χ1) is 11.2. The van der Waals surface area contributed by atoms with Gasteiger partial charge in [0, 0.05) is 25.9 Å². The average molecular weight is 337 g/mol. The summed E-state index contributed by atoms with van der Waals surface area (Å²) in [5.41, 5.74) is -0.116. The van der Waals surface area contributed by atoms with Crippen LogP contribution in [0.25, 0.3) is 0 Å². The summed E-state index contributed by atoms with van der Waals surface area (Å²) < 4.78 is 15.8. The van der Waals surface area contributed by atoms with Crippen molar-refractivity contribution in [3.8, 4) is 0 Å². The monoisotopic (exact) mass is 336 g/mol. The molecule has 1 aromatic heterocycles. The van der Waals surface area contributed by atoms with Crippen LogP contribution in [0.15, 0.2) is 18.2 Å². The summed E-state index contributed by atoms with van der Waals surface area (Å²) in [6, 6.07) is 4.19. The molecular weight excluding hydrogens is 319 g/mol. The SMILES string of the molecule is O=C(NCCc1nnc2n1CCCCC2)c1c(F)cccc1Cl. The molecule has 0 aliphatic carbocycles. The molecule has 0 radical (unpaired) electrons. The number of amides is 1. The summed E-state index contributed by atoms with van der Waals surface area (Å²) >= 11 is 5.89. The van der Waals surface area contributed by atoms with Gasteiger partial charge in [0.2, 0.25) is 0 Å². The minimum Gasteiger partial charge on any atom is -0.351 e. The number of benzene rings is 1. The zero-order valence-electron chi connectivity index (χ0n) is 12.7. The molecule has 7 heteroatoms. The second kappa shape index (κ2) is 7.08. The topological polar surface area (TPSA) is 59.8 Å². The lowest BCUT2D eigenvalue weighted by Crippen LogP contribution is -2.27. The number of nitrogens with zero attached hydrogens (tertiary/aromatic N) is 3. The molecular formula is C16H18ClFN4O. The Kier molecular flexibility index (Phi) is 4.91. The number of carbonyl (C=O) groups excluding carboxylic acids is 1. The average Bonchev–Trinajstić information content (AvgIpc) is 2.75. The number of aromatic nitrogens is 3. The van der Waals surface area contributed by atoms with Gasteiger partial charge in [-0.1, -0.05) is 24.1 Å². The van der Waals surface area contributed by atoms with Crippen LogP contribution in [0.3, 0.4) is 0 Å². The van der Waals surface area contributed by atoms with Crippen molar-refractivity contribution in [2.24, 2.45) is 0 Å². The van der Waals surface area contributed by atoms with Crippen molar-refractivity contribution in [2.45, 2.75) is 38.6 Å². The number of rotatable bonds is 4. The smallest absolute Gasteiger partial charge is 0.255 e. The van der Waals surface area contributed by atoms with Crippen LogP contribution in [0.2, 0.25) is 5.02 Å². The second-order valence-corrected chi connectivity index (χ2v) is 6.00. The van der Waals surface area contributed by atoms with Crippen molar-refractivity contribution in [1.82, 2.24) is 20.1 Å². The van der Waals surface area contributed by atoms with E-state index in [0.717, 1.165) is 37.5 Å². The van der Waals surface area contributed by atoms with Gasteiger partial charge in [-0.2, -0.15) is 0 Å². The lowest BCUT2D eigenvalue weighted by molar-refractivity contribution is 0.0950.